The van der Waals surface area contributed by atoms with E-state index in [2.05, 4.69) is 4.40 Å². The van der Waals surface area contributed by atoms with Gasteiger partial charge in [-0.2, -0.15) is 0 Å². The lowest BCUT2D eigenvalue weighted by Crippen LogP contribution is -1.88. The average molecular weight is 293 g/mol. The molecule has 0 amide bonds. The number of rotatable bonds is 4. The molecule has 2 aromatic carbocycles. The van der Waals surface area contributed by atoms with E-state index in [0.29, 0.717) is 5.02 Å². The summed E-state index contributed by atoms with van der Waals surface area (Å²) < 4.78 is 4.19. The maximum Gasteiger partial charge on any atom is 0.269 e. The van der Waals surface area contributed by atoms with Crippen LogP contribution < -0.4 is 0 Å². The van der Waals surface area contributed by atoms with Crippen LogP contribution >= 0.6 is 23.5 Å². The van der Waals surface area contributed by atoms with E-state index in [9.17, 15) is 10.1 Å². The van der Waals surface area contributed by atoms with Gasteiger partial charge in [0, 0.05) is 40.2 Å². The molecule has 96 valence electrons. The molecular weight excluding hydrogens is 284 g/mol. The van der Waals surface area contributed by atoms with Gasteiger partial charge in [0.2, 0.25) is 0 Å². The third-order valence-electron chi connectivity index (χ3n) is 2.28. The lowest BCUT2D eigenvalue weighted by atomic mass is 10.2. The van der Waals surface area contributed by atoms with Gasteiger partial charge in [0.1, 0.15) is 0 Å². The normalized spacial score (nSPS) is 10.8. The monoisotopic (exact) mass is 292 g/mol. The fourth-order valence-electron chi connectivity index (χ4n) is 1.33. The minimum absolute atomic E-state index is 0.0718. The molecule has 2 rings (SSSR count). The van der Waals surface area contributed by atoms with Gasteiger partial charge in [-0.05, 0) is 42.0 Å². The number of benzene rings is 2. The van der Waals surface area contributed by atoms with Crippen molar-refractivity contribution in [3.8, 4) is 0 Å². The zero-order chi connectivity index (χ0) is 13.7. The van der Waals surface area contributed by atoms with Crippen LogP contribution in [0, 0.1) is 10.1 Å². The summed E-state index contributed by atoms with van der Waals surface area (Å²) in [5.41, 5.74) is 0.884. The second kappa shape index (κ2) is 6.36. The van der Waals surface area contributed by atoms with Crippen LogP contribution in [-0.4, -0.2) is 11.1 Å². The van der Waals surface area contributed by atoms with E-state index in [-0.39, 0.29) is 5.69 Å². The first-order valence-corrected chi connectivity index (χ1v) is 6.51. The van der Waals surface area contributed by atoms with Crippen molar-refractivity contribution in [2.75, 3.05) is 0 Å². The standard InChI is InChI=1S/C13H9ClN2O2S/c14-11-3-7-13(8-4-11)19-15-9-10-1-5-12(6-2-10)16(17)18/h1-9H/b15-9+. The molecule has 0 aliphatic carbocycles. The van der Waals surface area contributed by atoms with Gasteiger partial charge in [-0.15, -0.1) is 0 Å². The Hall–Kier alpha value is -1.85. The van der Waals surface area contributed by atoms with Crippen molar-refractivity contribution in [3.63, 3.8) is 0 Å². The van der Waals surface area contributed by atoms with E-state index in [1.54, 1.807) is 30.5 Å². The predicted molar refractivity (Wildman–Crippen MR) is 78.0 cm³/mol. The molecule has 6 heteroatoms. The number of nitro groups is 1. The van der Waals surface area contributed by atoms with E-state index in [1.807, 2.05) is 12.1 Å². The first-order chi connectivity index (χ1) is 9.15. The van der Waals surface area contributed by atoms with E-state index in [4.69, 9.17) is 11.6 Å². The molecule has 0 heterocycles. The first-order valence-electron chi connectivity index (χ1n) is 5.35. The fourth-order valence-corrected chi connectivity index (χ4v) is 2.01. The Morgan fingerprint density at radius 2 is 1.74 bits per heavy atom. The van der Waals surface area contributed by atoms with Gasteiger partial charge in [0.25, 0.3) is 5.69 Å². The average Bonchev–Trinajstić information content (AvgIpc) is 2.41. The largest absolute Gasteiger partial charge is 0.269 e. The van der Waals surface area contributed by atoms with Gasteiger partial charge in [0.15, 0.2) is 0 Å². The molecule has 0 aliphatic rings. The summed E-state index contributed by atoms with van der Waals surface area (Å²) >= 11 is 7.09. The third kappa shape index (κ3) is 4.08. The maximum absolute atomic E-state index is 10.5. The molecule has 0 bridgehead atoms. The van der Waals surface area contributed by atoms with Crippen LogP contribution in [-0.2, 0) is 0 Å². The highest BCUT2D eigenvalue weighted by Crippen LogP contribution is 2.21. The molecule has 0 aliphatic heterocycles. The van der Waals surface area contributed by atoms with Crippen molar-refractivity contribution in [1.29, 1.82) is 0 Å². The van der Waals surface area contributed by atoms with Crippen LogP contribution in [0.3, 0.4) is 0 Å². The summed E-state index contributed by atoms with van der Waals surface area (Å²) in [6.07, 6.45) is 1.66. The predicted octanol–water partition coefficient (Wildman–Crippen LogP) is 4.37. The molecule has 0 saturated carbocycles. The van der Waals surface area contributed by atoms with Crippen LogP contribution in [0.15, 0.2) is 57.8 Å². The Morgan fingerprint density at radius 3 is 2.32 bits per heavy atom. The molecule has 0 unspecified atom stereocenters. The van der Waals surface area contributed by atoms with E-state index >= 15 is 0 Å². The summed E-state index contributed by atoms with van der Waals surface area (Å²) in [5, 5.41) is 11.2. The van der Waals surface area contributed by atoms with Crippen LogP contribution in [0.25, 0.3) is 0 Å². The highest BCUT2D eigenvalue weighted by Gasteiger charge is 2.02. The Kier molecular flexibility index (Phi) is 4.54. The maximum atomic E-state index is 10.5. The van der Waals surface area contributed by atoms with Crippen LogP contribution in [0.5, 0.6) is 0 Å². The van der Waals surface area contributed by atoms with Crippen molar-refractivity contribution in [2.24, 2.45) is 4.40 Å². The second-order valence-corrected chi connectivity index (χ2v) is 4.93. The van der Waals surface area contributed by atoms with Gasteiger partial charge in [-0.25, -0.2) is 4.40 Å². The molecule has 0 spiro atoms. The Labute approximate surface area is 119 Å². The lowest BCUT2D eigenvalue weighted by Gasteiger charge is -1.95. The number of nitrogens with zero attached hydrogens (tertiary/aromatic N) is 2. The van der Waals surface area contributed by atoms with E-state index in [0.717, 1.165) is 10.5 Å². The Bertz CT molecular complexity index is 597. The molecular formula is C13H9ClN2O2S. The highest BCUT2D eigenvalue weighted by molar-refractivity contribution is 7.98. The quantitative estimate of drug-likeness (QED) is 0.364. The minimum Gasteiger partial charge on any atom is -0.258 e. The van der Waals surface area contributed by atoms with Crippen LogP contribution in [0.4, 0.5) is 5.69 Å². The molecule has 4 nitrogen and oxygen atoms in total. The van der Waals surface area contributed by atoms with Crippen molar-refractivity contribution < 1.29 is 4.92 Å². The SMILES string of the molecule is O=[N+]([O-])c1ccc(/C=N/Sc2ccc(Cl)cc2)cc1. The molecule has 0 N–H and O–H groups in total. The Morgan fingerprint density at radius 1 is 1.11 bits per heavy atom. The molecule has 19 heavy (non-hydrogen) atoms. The van der Waals surface area contributed by atoms with Crippen molar-refractivity contribution in [2.45, 2.75) is 4.90 Å². The number of hydrogen-bond acceptors (Lipinski definition) is 4. The second-order valence-electron chi connectivity index (χ2n) is 3.63. The Balaban J connectivity index is 1.98. The van der Waals surface area contributed by atoms with Crippen molar-refractivity contribution in [1.82, 2.24) is 0 Å². The van der Waals surface area contributed by atoms with E-state index < -0.39 is 4.92 Å². The molecule has 0 atom stereocenters. The number of halogens is 1. The number of hydrogen-bond donors (Lipinski definition) is 0. The van der Waals surface area contributed by atoms with Gasteiger partial charge in [-0.1, -0.05) is 11.6 Å². The minimum atomic E-state index is -0.427. The summed E-state index contributed by atoms with van der Waals surface area (Å²) in [6.45, 7) is 0. The molecule has 0 aromatic heterocycles. The topological polar surface area (TPSA) is 55.5 Å². The highest BCUT2D eigenvalue weighted by atomic mass is 35.5. The lowest BCUT2D eigenvalue weighted by molar-refractivity contribution is -0.384. The first kappa shape index (κ1) is 13.6. The van der Waals surface area contributed by atoms with Crippen molar-refractivity contribution in [3.05, 3.63) is 69.2 Å². The third-order valence-corrected chi connectivity index (χ3v) is 3.22. The zero-order valence-electron chi connectivity index (χ0n) is 9.69. The molecule has 2 aromatic rings. The van der Waals surface area contributed by atoms with Crippen molar-refractivity contribution >= 4 is 35.5 Å². The van der Waals surface area contributed by atoms with Gasteiger partial charge < -0.3 is 0 Å². The summed E-state index contributed by atoms with van der Waals surface area (Å²) in [7, 11) is 0. The van der Waals surface area contributed by atoms with Gasteiger partial charge in [-0.3, -0.25) is 10.1 Å². The number of nitro benzene ring substituents is 1. The zero-order valence-corrected chi connectivity index (χ0v) is 11.3. The summed E-state index contributed by atoms with van der Waals surface area (Å²) in [5.74, 6) is 0. The smallest absolute Gasteiger partial charge is 0.258 e. The number of non-ortho nitro benzene ring substituents is 1. The van der Waals surface area contributed by atoms with E-state index in [1.165, 1.54) is 24.1 Å². The van der Waals surface area contributed by atoms with Gasteiger partial charge >= 0.3 is 0 Å². The van der Waals surface area contributed by atoms with Crippen LogP contribution in [0.1, 0.15) is 5.56 Å². The molecule has 0 fully saturated rings. The summed E-state index contributed by atoms with van der Waals surface area (Å²) in [4.78, 5) is 11.0. The summed E-state index contributed by atoms with van der Waals surface area (Å²) in [6, 6.07) is 13.6. The van der Waals surface area contributed by atoms with Crippen LogP contribution in [0.2, 0.25) is 5.02 Å². The molecule has 0 radical (unpaired) electrons. The fraction of sp³-hybridized carbons (Fsp3) is 0. The van der Waals surface area contributed by atoms with Gasteiger partial charge in [0.05, 0.1) is 4.92 Å². The molecule has 0 saturated heterocycles.